The molecule has 0 rings (SSSR count). The molecule has 248 valence electrons. The lowest BCUT2D eigenvalue weighted by Gasteiger charge is -2.15. The standard InChI is InChI=1S/C38H72O4/c1-3-5-7-9-11-13-15-17-19-21-23-25-27-29-31-33-35(39)37(41)38(42)36(40)34-32-30-28-26-24-22-20-18-16-14-12-10-8-6-4-2/h17,19,37-38,41-42H,3-16,18,20-34H2,1-2H3/b19-17-. The molecule has 4 nitrogen and oxygen atoms in total. The molecule has 0 aromatic heterocycles. The minimum atomic E-state index is -1.56. The Kier molecular flexibility index (Phi) is 32.1. The Hall–Kier alpha value is -1.00. The molecule has 0 saturated heterocycles. The molecule has 0 fully saturated rings. The number of carbonyl (C=O) groups excluding carboxylic acids is 2. The molecule has 0 aromatic carbocycles. The van der Waals surface area contributed by atoms with Crippen molar-refractivity contribution in [3.05, 3.63) is 12.2 Å². The fourth-order valence-corrected chi connectivity index (χ4v) is 5.69. The van der Waals surface area contributed by atoms with E-state index in [9.17, 15) is 19.8 Å². The van der Waals surface area contributed by atoms with Crippen LogP contribution in [-0.4, -0.2) is 34.0 Å². The Bertz CT molecular complexity index is 614. The summed E-state index contributed by atoms with van der Waals surface area (Å²) >= 11 is 0. The Labute approximate surface area is 261 Å². The lowest BCUT2D eigenvalue weighted by Crippen LogP contribution is -2.39. The largest absolute Gasteiger partial charge is 0.382 e. The molecule has 0 amide bonds. The third-order valence-corrected chi connectivity index (χ3v) is 8.67. The summed E-state index contributed by atoms with van der Waals surface area (Å²) in [5.74, 6) is -0.792. The van der Waals surface area contributed by atoms with Crippen LogP contribution in [0.1, 0.15) is 206 Å². The Morgan fingerprint density at radius 3 is 0.929 bits per heavy atom. The van der Waals surface area contributed by atoms with Crippen molar-refractivity contribution >= 4 is 11.6 Å². The monoisotopic (exact) mass is 593 g/mol. The summed E-state index contributed by atoms with van der Waals surface area (Å²) in [6.45, 7) is 4.52. The van der Waals surface area contributed by atoms with Gasteiger partial charge in [-0.1, -0.05) is 167 Å². The van der Waals surface area contributed by atoms with E-state index in [1.807, 2.05) is 0 Å². The topological polar surface area (TPSA) is 74.6 Å². The number of aliphatic hydroxyl groups excluding tert-OH is 2. The number of carbonyl (C=O) groups is 2. The van der Waals surface area contributed by atoms with Gasteiger partial charge in [-0.15, -0.1) is 0 Å². The van der Waals surface area contributed by atoms with Crippen LogP contribution in [0.25, 0.3) is 0 Å². The van der Waals surface area contributed by atoms with E-state index in [0.717, 1.165) is 44.9 Å². The normalized spacial score (nSPS) is 13.1. The van der Waals surface area contributed by atoms with Crippen LogP contribution in [0.4, 0.5) is 0 Å². The van der Waals surface area contributed by atoms with Crippen LogP contribution >= 0.6 is 0 Å². The van der Waals surface area contributed by atoms with Gasteiger partial charge in [-0.3, -0.25) is 9.59 Å². The second-order valence-corrected chi connectivity index (χ2v) is 12.9. The molecule has 0 saturated carbocycles. The predicted octanol–water partition coefficient (Wildman–Crippen LogP) is 11.1. The summed E-state index contributed by atoms with van der Waals surface area (Å²) in [5, 5.41) is 20.3. The van der Waals surface area contributed by atoms with Gasteiger partial charge in [0.25, 0.3) is 0 Å². The summed E-state index contributed by atoms with van der Waals surface area (Å²) in [6, 6.07) is 0. The Morgan fingerprint density at radius 1 is 0.405 bits per heavy atom. The average Bonchev–Trinajstić information content (AvgIpc) is 3.00. The molecule has 0 aliphatic heterocycles. The van der Waals surface area contributed by atoms with Crippen molar-refractivity contribution in [1.82, 2.24) is 0 Å². The molecule has 0 aliphatic rings. The van der Waals surface area contributed by atoms with E-state index in [1.54, 1.807) is 0 Å². The summed E-state index contributed by atoms with van der Waals surface area (Å²) in [4.78, 5) is 24.5. The van der Waals surface area contributed by atoms with Crippen molar-refractivity contribution in [2.24, 2.45) is 0 Å². The van der Waals surface area contributed by atoms with E-state index in [2.05, 4.69) is 26.0 Å². The Balaban J connectivity index is 3.58. The van der Waals surface area contributed by atoms with Crippen LogP contribution in [0, 0.1) is 0 Å². The summed E-state index contributed by atoms with van der Waals surface area (Å²) in [6.07, 6.45) is 36.4. The second-order valence-electron chi connectivity index (χ2n) is 12.9. The van der Waals surface area contributed by atoms with Crippen molar-refractivity contribution in [2.45, 2.75) is 219 Å². The molecule has 0 bridgehead atoms. The van der Waals surface area contributed by atoms with Crippen molar-refractivity contribution in [1.29, 1.82) is 0 Å². The first-order valence-electron chi connectivity index (χ1n) is 18.6. The zero-order valence-electron chi connectivity index (χ0n) is 28.2. The zero-order chi connectivity index (χ0) is 30.9. The van der Waals surface area contributed by atoms with Gasteiger partial charge in [0.1, 0.15) is 12.2 Å². The van der Waals surface area contributed by atoms with Crippen LogP contribution in [0.5, 0.6) is 0 Å². The van der Waals surface area contributed by atoms with Crippen LogP contribution < -0.4 is 0 Å². The van der Waals surface area contributed by atoms with E-state index in [-0.39, 0.29) is 12.8 Å². The molecule has 4 heteroatoms. The van der Waals surface area contributed by atoms with Crippen LogP contribution in [0.15, 0.2) is 12.2 Å². The molecular weight excluding hydrogens is 520 g/mol. The highest BCUT2D eigenvalue weighted by molar-refractivity contribution is 5.92. The van der Waals surface area contributed by atoms with Crippen LogP contribution in [-0.2, 0) is 9.59 Å². The molecule has 0 aliphatic carbocycles. The van der Waals surface area contributed by atoms with Gasteiger partial charge < -0.3 is 10.2 Å². The molecular formula is C38H72O4. The van der Waals surface area contributed by atoms with Gasteiger partial charge in [0, 0.05) is 12.8 Å². The fraction of sp³-hybridized carbons (Fsp3) is 0.895. The first-order valence-corrected chi connectivity index (χ1v) is 18.6. The van der Waals surface area contributed by atoms with Gasteiger partial charge in [-0.2, -0.15) is 0 Å². The SMILES string of the molecule is CCCCCCCC/C=C\CCCCCCCC(=O)C(O)C(O)C(=O)CCCCCCCCCCCCCCCCC. The average molecular weight is 593 g/mol. The number of rotatable bonds is 34. The highest BCUT2D eigenvalue weighted by Gasteiger charge is 2.28. The van der Waals surface area contributed by atoms with Crippen molar-refractivity contribution in [3.63, 3.8) is 0 Å². The molecule has 2 atom stereocenters. The maximum absolute atomic E-state index is 12.3. The van der Waals surface area contributed by atoms with Crippen molar-refractivity contribution in [2.75, 3.05) is 0 Å². The quantitative estimate of drug-likeness (QED) is 0.0575. The fourth-order valence-electron chi connectivity index (χ4n) is 5.69. The minimum absolute atomic E-state index is 0.239. The van der Waals surface area contributed by atoms with E-state index in [1.165, 1.54) is 128 Å². The molecule has 2 N–H and O–H groups in total. The number of allylic oxidation sites excluding steroid dienone is 2. The van der Waals surface area contributed by atoms with Gasteiger partial charge in [0.15, 0.2) is 11.6 Å². The molecule has 0 radical (unpaired) electrons. The first-order chi connectivity index (χ1) is 20.5. The lowest BCUT2D eigenvalue weighted by atomic mass is 9.97. The number of aliphatic hydroxyl groups is 2. The highest BCUT2D eigenvalue weighted by Crippen LogP contribution is 2.15. The van der Waals surface area contributed by atoms with E-state index in [0.29, 0.717) is 6.42 Å². The highest BCUT2D eigenvalue weighted by atomic mass is 16.3. The molecule has 42 heavy (non-hydrogen) atoms. The summed E-state index contributed by atoms with van der Waals surface area (Å²) in [7, 11) is 0. The van der Waals surface area contributed by atoms with Gasteiger partial charge >= 0.3 is 0 Å². The van der Waals surface area contributed by atoms with E-state index < -0.39 is 23.8 Å². The minimum Gasteiger partial charge on any atom is -0.382 e. The number of Topliss-reactive ketones (excluding diaryl/α,β-unsaturated/α-hetero) is 2. The van der Waals surface area contributed by atoms with Gasteiger partial charge in [0.05, 0.1) is 0 Å². The van der Waals surface area contributed by atoms with Crippen LogP contribution in [0.2, 0.25) is 0 Å². The third kappa shape index (κ3) is 27.8. The first kappa shape index (κ1) is 41.0. The number of hydrogen-bond acceptors (Lipinski definition) is 4. The Morgan fingerprint density at radius 2 is 0.643 bits per heavy atom. The maximum atomic E-state index is 12.3. The van der Waals surface area contributed by atoms with Crippen molar-refractivity contribution in [3.8, 4) is 0 Å². The summed E-state index contributed by atoms with van der Waals surface area (Å²) in [5.41, 5.74) is 0. The van der Waals surface area contributed by atoms with Gasteiger partial charge in [-0.05, 0) is 38.5 Å². The molecule has 2 unspecified atom stereocenters. The number of ketones is 2. The maximum Gasteiger partial charge on any atom is 0.164 e. The number of hydrogen-bond donors (Lipinski definition) is 2. The molecule has 0 spiro atoms. The second kappa shape index (κ2) is 32.9. The lowest BCUT2D eigenvalue weighted by molar-refractivity contribution is -0.143. The van der Waals surface area contributed by atoms with E-state index in [4.69, 9.17) is 0 Å². The predicted molar refractivity (Wildman–Crippen MR) is 181 cm³/mol. The smallest absolute Gasteiger partial charge is 0.164 e. The molecule has 0 heterocycles. The van der Waals surface area contributed by atoms with Gasteiger partial charge in [-0.25, -0.2) is 0 Å². The number of unbranched alkanes of at least 4 members (excludes halogenated alkanes) is 25. The van der Waals surface area contributed by atoms with Crippen molar-refractivity contribution < 1.29 is 19.8 Å². The van der Waals surface area contributed by atoms with Gasteiger partial charge in [0.2, 0.25) is 0 Å². The zero-order valence-corrected chi connectivity index (χ0v) is 28.2. The molecule has 0 aromatic rings. The van der Waals surface area contributed by atoms with E-state index >= 15 is 0 Å². The third-order valence-electron chi connectivity index (χ3n) is 8.67. The van der Waals surface area contributed by atoms with Crippen LogP contribution in [0.3, 0.4) is 0 Å². The summed E-state index contributed by atoms with van der Waals surface area (Å²) < 4.78 is 0.